The lowest BCUT2D eigenvalue weighted by Crippen LogP contribution is -2.54. The molecule has 2 aliphatic rings. The van der Waals surface area contributed by atoms with Gasteiger partial charge in [0.1, 0.15) is 5.54 Å². The molecule has 1 N–H and O–H groups in total. The molecule has 2 aliphatic heterocycles. The number of carbonyl (C=O) groups is 2. The predicted octanol–water partition coefficient (Wildman–Crippen LogP) is 1.82. The summed E-state index contributed by atoms with van der Waals surface area (Å²) in [7, 11) is 0. The van der Waals surface area contributed by atoms with Crippen LogP contribution in [0.2, 0.25) is 0 Å². The Morgan fingerprint density at radius 2 is 1.83 bits per heavy atom. The van der Waals surface area contributed by atoms with Gasteiger partial charge in [-0.2, -0.15) is 5.10 Å². The number of nitrogens with one attached hydrogen (secondary N) is 1. The molecule has 1 aromatic carbocycles. The van der Waals surface area contributed by atoms with Gasteiger partial charge in [0.25, 0.3) is 5.91 Å². The van der Waals surface area contributed by atoms with E-state index in [1.807, 2.05) is 48.8 Å². The minimum atomic E-state index is -0.776. The maximum atomic E-state index is 13.1. The molecule has 0 aliphatic carbocycles. The van der Waals surface area contributed by atoms with E-state index < -0.39 is 5.54 Å². The zero-order chi connectivity index (χ0) is 19.8. The molecule has 0 bridgehead atoms. The predicted molar refractivity (Wildman–Crippen MR) is 106 cm³/mol. The number of piperidine rings is 1. The number of carbonyl (C=O) groups excluding carboxylic acids is 2. The van der Waals surface area contributed by atoms with Crippen molar-refractivity contribution in [2.75, 3.05) is 13.1 Å². The van der Waals surface area contributed by atoms with Crippen LogP contribution in [0.4, 0.5) is 4.79 Å². The van der Waals surface area contributed by atoms with Crippen LogP contribution in [-0.2, 0) is 17.9 Å². The first-order valence-corrected chi connectivity index (χ1v) is 9.82. The number of rotatable bonds is 4. The number of likely N-dealkylation sites (tertiary alicyclic amines) is 1. The number of urea groups is 1. The van der Waals surface area contributed by atoms with Crippen LogP contribution in [0, 0.1) is 0 Å². The molecule has 3 amide bonds. The smallest absolute Gasteiger partial charge is 0.323 e. The zero-order valence-corrected chi connectivity index (χ0v) is 16.0. The van der Waals surface area contributed by atoms with E-state index >= 15 is 0 Å². The Labute approximate surface area is 168 Å². The van der Waals surface area contributed by atoms with Gasteiger partial charge < -0.3 is 5.32 Å². The summed E-state index contributed by atoms with van der Waals surface area (Å²) in [6.45, 7) is 2.50. The van der Waals surface area contributed by atoms with E-state index in [4.69, 9.17) is 0 Å². The van der Waals surface area contributed by atoms with Crippen LogP contribution < -0.4 is 5.32 Å². The van der Waals surface area contributed by atoms with E-state index in [-0.39, 0.29) is 11.9 Å². The molecule has 3 aromatic rings. The Kier molecular flexibility index (Phi) is 4.28. The Morgan fingerprint density at radius 3 is 2.62 bits per heavy atom. The minimum Gasteiger partial charge on any atom is -0.323 e. The molecule has 148 valence electrons. The van der Waals surface area contributed by atoms with Crippen LogP contribution in [0.1, 0.15) is 24.0 Å². The van der Waals surface area contributed by atoms with Gasteiger partial charge in [-0.05, 0) is 24.5 Å². The lowest BCUT2D eigenvalue weighted by atomic mass is 9.87. The van der Waals surface area contributed by atoms with Crippen molar-refractivity contribution in [3.8, 4) is 0 Å². The van der Waals surface area contributed by atoms with E-state index in [9.17, 15) is 9.59 Å². The highest BCUT2D eigenvalue weighted by atomic mass is 16.2. The van der Waals surface area contributed by atoms with Crippen molar-refractivity contribution < 1.29 is 9.59 Å². The minimum absolute atomic E-state index is 0.108. The van der Waals surface area contributed by atoms with Crippen LogP contribution >= 0.6 is 0 Å². The topological polar surface area (TPSA) is 82.8 Å². The van der Waals surface area contributed by atoms with E-state index in [0.29, 0.717) is 19.4 Å². The second-order valence-electron chi connectivity index (χ2n) is 7.72. The number of fused-ring (bicyclic) bond motifs is 1. The molecule has 1 spiro atoms. The zero-order valence-electron chi connectivity index (χ0n) is 16.0. The second-order valence-corrected chi connectivity index (χ2v) is 7.72. The SMILES string of the molecule is O=C1NC2(CCN(Cc3cnn4cccnc34)CC2)C(=O)N1Cc1ccccc1. The highest BCUT2D eigenvalue weighted by molar-refractivity contribution is 6.07. The molecule has 8 heteroatoms. The van der Waals surface area contributed by atoms with Gasteiger partial charge in [-0.1, -0.05) is 30.3 Å². The lowest BCUT2D eigenvalue weighted by Gasteiger charge is -2.37. The largest absolute Gasteiger partial charge is 0.325 e. The van der Waals surface area contributed by atoms with Crippen LogP contribution in [0.5, 0.6) is 0 Å². The van der Waals surface area contributed by atoms with Crippen LogP contribution in [-0.4, -0.2) is 55.0 Å². The molecule has 4 heterocycles. The first-order chi connectivity index (χ1) is 14.1. The fourth-order valence-electron chi connectivity index (χ4n) is 4.25. The summed E-state index contributed by atoms with van der Waals surface area (Å²) in [5.41, 5.74) is 2.09. The third kappa shape index (κ3) is 3.15. The van der Waals surface area contributed by atoms with Gasteiger partial charge in [-0.25, -0.2) is 14.3 Å². The summed E-state index contributed by atoms with van der Waals surface area (Å²) in [6.07, 6.45) is 6.70. The van der Waals surface area contributed by atoms with Crippen LogP contribution in [0.15, 0.2) is 55.0 Å². The number of imide groups is 1. The maximum absolute atomic E-state index is 13.1. The summed E-state index contributed by atoms with van der Waals surface area (Å²) in [6, 6.07) is 11.2. The average molecular weight is 390 g/mol. The van der Waals surface area contributed by atoms with E-state index in [1.54, 1.807) is 10.7 Å². The van der Waals surface area contributed by atoms with E-state index in [2.05, 4.69) is 20.3 Å². The Morgan fingerprint density at radius 1 is 1.03 bits per heavy atom. The van der Waals surface area contributed by atoms with Crippen LogP contribution in [0.3, 0.4) is 0 Å². The monoisotopic (exact) mass is 390 g/mol. The molecular formula is C21H22N6O2. The summed E-state index contributed by atoms with van der Waals surface area (Å²) in [5.74, 6) is -0.108. The third-order valence-electron chi connectivity index (χ3n) is 5.89. The van der Waals surface area contributed by atoms with Gasteiger partial charge in [0.15, 0.2) is 5.65 Å². The summed E-state index contributed by atoms with van der Waals surface area (Å²) < 4.78 is 1.77. The number of nitrogens with zero attached hydrogens (tertiary/aromatic N) is 5. The van der Waals surface area contributed by atoms with Gasteiger partial charge >= 0.3 is 6.03 Å². The number of aromatic nitrogens is 3. The normalized spacial score (nSPS) is 19.2. The quantitative estimate of drug-likeness (QED) is 0.687. The molecule has 2 fully saturated rings. The molecule has 29 heavy (non-hydrogen) atoms. The summed E-state index contributed by atoms with van der Waals surface area (Å²) >= 11 is 0. The summed E-state index contributed by atoms with van der Waals surface area (Å²) in [5, 5.41) is 7.32. The van der Waals surface area contributed by atoms with Crippen molar-refractivity contribution in [2.45, 2.75) is 31.5 Å². The van der Waals surface area contributed by atoms with Crippen LogP contribution in [0.25, 0.3) is 5.65 Å². The Hall–Kier alpha value is -3.26. The highest BCUT2D eigenvalue weighted by Gasteiger charge is 2.52. The number of hydrogen-bond acceptors (Lipinski definition) is 5. The molecule has 2 aromatic heterocycles. The molecule has 0 saturated carbocycles. The van der Waals surface area contributed by atoms with E-state index in [1.165, 1.54) is 4.90 Å². The molecule has 0 unspecified atom stereocenters. The Balaban J connectivity index is 1.26. The standard InChI is InChI=1S/C21H22N6O2/c28-19-21(24-20(29)26(19)14-16-5-2-1-3-6-16)7-11-25(12-8-21)15-17-13-23-27-10-4-9-22-18(17)27/h1-6,9-10,13H,7-8,11-12,14-15H2,(H,24,29). The molecule has 0 atom stereocenters. The van der Waals surface area contributed by atoms with Gasteiger partial charge in [0.05, 0.1) is 12.7 Å². The average Bonchev–Trinajstić information content (AvgIpc) is 3.25. The van der Waals surface area contributed by atoms with Crippen molar-refractivity contribution in [2.24, 2.45) is 0 Å². The molecule has 5 rings (SSSR count). The highest BCUT2D eigenvalue weighted by Crippen LogP contribution is 2.31. The van der Waals surface area contributed by atoms with Crippen molar-refractivity contribution in [1.29, 1.82) is 0 Å². The van der Waals surface area contributed by atoms with Gasteiger partial charge in [0.2, 0.25) is 0 Å². The molecule has 8 nitrogen and oxygen atoms in total. The number of benzene rings is 1. The van der Waals surface area contributed by atoms with Crippen molar-refractivity contribution in [3.63, 3.8) is 0 Å². The summed E-state index contributed by atoms with van der Waals surface area (Å²) in [4.78, 5) is 33.6. The fourth-order valence-corrected chi connectivity index (χ4v) is 4.25. The van der Waals surface area contributed by atoms with Gasteiger partial charge in [0, 0.05) is 37.6 Å². The molecule has 2 saturated heterocycles. The van der Waals surface area contributed by atoms with Gasteiger partial charge in [-0.15, -0.1) is 0 Å². The first-order valence-electron chi connectivity index (χ1n) is 9.82. The number of hydrogen-bond donors (Lipinski definition) is 1. The first kappa shape index (κ1) is 17.8. The van der Waals surface area contributed by atoms with Crippen molar-refractivity contribution in [3.05, 3.63) is 66.1 Å². The lowest BCUT2D eigenvalue weighted by molar-refractivity contribution is -0.133. The molecular weight excluding hydrogens is 368 g/mol. The fraction of sp³-hybridized carbons (Fsp3) is 0.333. The van der Waals surface area contributed by atoms with E-state index in [0.717, 1.165) is 36.4 Å². The van der Waals surface area contributed by atoms with Gasteiger partial charge in [-0.3, -0.25) is 14.6 Å². The third-order valence-corrected chi connectivity index (χ3v) is 5.89. The van der Waals surface area contributed by atoms with Crippen molar-refractivity contribution >= 4 is 17.6 Å². The maximum Gasteiger partial charge on any atom is 0.325 e. The number of amides is 3. The molecule has 0 radical (unpaired) electrons. The second kappa shape index (κ2) is 6.97. The Bertz CT molecular complexity index is 1060. The van der Waals surface area contributed by atoms with Crippen molar-refractivity contribution in [1.82, 2.24) is 29.7 Å².